The standard InChI is InChI=1S/C19H26FN3O2/c1-13-17-5-4-16(20)10-14(17)6-7-23(13)19(25)15-11-18(24)22(12-15)9-8-21(2)3/h4-5,10,13,15H,6-9,11-12H2,1-3H3. The minimum atomic E-state index is -0.265. The van der Waals surface area contributed by atoms with Crippen molar-refractivity contribution in [3.8, 4) is 0 Å². The van der Waals surface area contributed by atoms with Gasteiger partial charge in [-0.15, -0.1) is 0 Å². The second kappa shape index (κ2) is 7.12. The number of carbonyl (C=O) groups is 2. The third-order valence-electron chi connectivity index (χ3n) is 5.31. The number of hydrogen-bond acceptors (Lipinski definition) is 3. The predicted octanol–water partition coefficient (Wildman–Crippen LogP) is 1.68. The molecule has 0 bridgehead atoms. The zero-order valence-electron chi connectivity index (χ0n) is 15.2. The van der Waals surface area contributed by atoms with Gasteiger partial charge in [-0.1, -0.05) is 6.07 Å². The fourth-order valence-electron chi connectivity index (χ4n) is 3.81. The van der Waals surface area contributed by atoms with E-state index in [-0.39, 0.29) is 29.6 Å². The Morgan fingerprint density at radius 1 is 1.36 bits per heavy atom. The Hall–Kier alpha value is -1.95. The van der Waals surface area contributed by atoms with Crippen LogP contribution in [-0.2, 0) is 16.0 Å². The van der Waals surface area contributed by atoms with E-state index in [0.29, 0.717) is 32.5 Å². The molecular weight excluding hydrogens is 321 g/mol. The molecule has 0 N–H and O–H groups in total. The van der Waals surface area contributed by atoms with E-state index < -0.39 is 0 Å². The summed E-state index contributed by atoms with van der Waals surface area (Å²) in [6.07, 6.45) is 0.958. The quantitative estimate of drug-likeness (QED) is 0.832. The Morgan fingerprint density at radius 2 is 2.12 bits per heavy atom. The van der Waals surface area contributed by atoms with Crippen LogP contribution in [-0.4, -0.2) is 66.8 Å². The normalized spacial score (nSPS) is 23.3. The third kappa shape index (κ3) is 3.68. The molecule has 5 nitrogen and oxygen atoms in total. The molecule has 0 spiro atoms. The Kier molecular flexibility index (Phi) is 5.08. The van der Waals surface area contributed by atoms with E-state index in [0.717, 1.165) is 17.7 Å². The lowest BCUT2D eigenvalue weighted by Crippen LogP contribution is -2.43. The zero-order chi connectivity index (χ0) is 18.1. The van der Waals surface area contributed by atoms with Gasteiger partial charge in [-0.2, -0.15) is 0 Å². The van der Waals surface area contributed by atoms with Crippen LogP contribution in [0.3, 0.4) is 0 Å². The molecular formula is C19H26FN3O2. The first kappa shape index (κ1) is 17.9. The lowest BCUT2D eigenvalue weighted by Gasteiger charge is -2.36. The molecule has 2 unspecified atom stereocenters. The summed E-state index contributed by atoms with van der Waals surface area (Å²) in [4.78, 5) is 30.9. The maximum atomic E-state index is 13.4. The third-order valence-corrected chi connectivity index (χ3v) is 5.31. The number of halogens is 1. The molecule has 1 saturated heterocycles. The van der Waals surface area contributed by atoms with Gasteiger partial charge in [0.15, 0.2) is 0 Å². The summed E-state index contributed by atoms with van der Waals surface area (Å²) in [6, 6.07) is 4.71. The van der Waals surface area contributed by atoms with E-state index in [4.69, 9.17) is 0 Å². The summed E-state index contributed by atoms with van der Waals surface area (Å²) < 4.78 is 13.4. The van der Waals surface area contributed by atoms with Gasteiger partial charge in [-0.05, 0) is 50.7 Å². The highest BCUT2D eigenvalue weighted by Gasteiger charge is 2.38. The van der Waals surface area contributed by atoms with Crippen molar-refractivity contribution in [1.82, 2.24) is 14.7 Å². The van der Waals surface area contributed by atoms with E-state index in [2.05, 4.69) is 0 Å². The Morgan fingerprint density at radius 3 is 2.84 bits per heavy atom. The molecule has 1 fully saturated rings. The number of carbonyl (C=O) groups excluding carboxylic acids is 2. The lowest BCUT2D eigenvalue weighted by atomic mass is 9.92. The fraction of sp³-hybridized carbons (Fsp3) is 0.579. The predicted molar refractivity (Wildman–Crippen MR) is 93.5 cm³/mol. The average molecular weight is 347 g/mol. The van der Waals surface area contributed by atoms with E-state index >= 15 is 0 Å². The number of amides is 2. The van der Waals surface area contributed by atoms with Crippen LogP contribution in [0.4, 0.5) is 4.39 Å². The highest BCUT2D eigenvalue weighted by molar-refractivity contribution is 5.89. The molecule has 6 heteroatoms. The van der Waals surface area contributed by atoms with Crippen molar-refractivity contribution >= 4 is 11.8 Å². The first-order valence-corrected chi connectivity index (χ1v) is 8.88. The summed E-state index contributed by atoms with van der Waals surface area (Å²) in [5.74, 6) is -0.390. The van der Waals surface area contributed by atoms with Gasteiger partial charge in [-0.25, -0.2) is 4.39 Å². The number of hydrogen-bond donors (Lipinski definition) is 0. The van der Waals surface area contributed by atoms with Crippen LogP contribution in [0, 0.1) is 11.7 Å². The van der Waals surface area contributed by atoms with Crippen molar-refractivity contribution in [3.05, 3.63) is 35.1 Å². The van der Waals surface area contributed by atoms with Crippen LogP contribution in [0.1, 0.15) is 30.5 Å². The summed E-state index contributed by atoms with van der Waals surface area (Å²) in [7, 11) is 3.94. The van der Waals surface area contributed by atoms with Gasteiger partial charge in [-0.3, -0.25) is 9.59 Å². The highest BCUT2D eigenvalue weighted by atomic mass is 19.1. The largest absolute Gasteiger partial charge is 0.341 e. The van der Waals surface area contributed by atoms with E-state index in [1.54, 1.807) is 17.0 Å². The first-order chi connectivity index (χ1) is 11.9. The van der Waals surface area contributed by atoms with E-state index in [1.807, 2.05) is 30.8 Å². The number of likely N-dealkylation sites (N-methyl/N-ethyl adjacent to an activating group) is 1. The summed E-state index contributed by atoms with van der Waals surface area (Å²) >= 11 is 0. The second-order valence-corrected chi connectivity index (χ2v) is 7.34. The Labute approximate surface area is 148 Å². The van der Waals surface area contributed by atoms with Crippen molar-refractivity contribution in [2.75, 3.05) is 40.3 Å². The molecule has 0 aliphatic carbocycles. The smallest absolute Gasteiger partial charge is 0.228 e. The number of likely N-dealkylation sites (tertiary alicyclic amines) is 1. The second-order valence-electron chi connectivity index (χ2n) is 7.34. The van der Waals surface area contributed by atoms with Gasteiger partial charge in [0.05, 0.1) is 12.0 Å². The number of benzene rings is 1. The van der Waals surface area contributed by atoms with Crippen molar-refractivity contribution in [2.24, 2.45) is 5.92 Å². The number of fused-ring (bicyclic) bond motifs is 1. The molecule has 2 heterocycles. The maximum Gasteiger partial charge on any atom is 0.228 e. The van der Waals surface area contributed by atoms with Gasteiger partial charge in [0.25, 0.3) is 0 Å². The van der Waals surface area contributed by atoms with Gasteiger partial charge in [0, 0.05) is 32.6 Å². The highest BCUT2D eigenvalue weighted by Crippen LogP contribution is 2.32. The first-order valence-electron chi connectivity index (χ1n) is 8.88. The van der Waals surface area contributed by atoms with Gasteiger partial charge < -0.3 is 14.7 Å². The van der Waals surface area contributed by atoms with E-state index in [1.165, 1.54) is 6.07 Å². The molecule has 2 amide bonds. The number of nitrogens with zero attached hydrogens (tertiary/aromatic N) is 3. The molecule has 1 aromatic carbocycles. The van der Waals surface area contributed by atoms with Gasteiger partial charge >= 0.3 is 0 Å². The van der Waals surface area contributed by atoms with Crippen molar-refractivity contribution in [1.29, 1.82) is 0 Å². The minimum absolute atomic E-state index is 0.0446. The van der Waals surface area contributed by atoms with Crippen LogP contribution in [0.25, 0.3) is 0 Å². The minimum Gasteiger partial charge on any atom is -0.341 e. The van der Waals surface area contributed by atoms with Crippen LogP contribution in [0.2, 0.25) is 0 Å². The van der Waals surface area contributed by atoms with Crippen molar-refractivity contribution in [3.63, 3.8) is 0 Å². The maximum absolute atomic E-state index is 13.4. The molecule has 3 rings (SSSR count). The summed E-state index contributed by atoms with van der Waals surface area (Å²) in [5.41, 5.74) is 1.99. The molecule has 0 saturated carbocycles. The lowest BCUT2D eigenvalue weighted by molar-refractivity contribution is -0.138. The van der Waals surface area contributed by atoms with Crippen molar-refractivity contribution in [2.45, 2.75) is 25.8 Å². The molecule has 25 heavy (non-hydrogen) atoms. The van der Waals surface area contributed by atoms with Crippen LogP contribution in [0.15, 0.2) is 18.2 Å². The van der Waals surface area contributed by atoms with E-state index in [9.17, 15) is 14.0 Å². The average Bonchev–Trinajstić information content (AvgIpc) is 2.93. The Balaban J connectivity index is 1.68. The number of rotatable bonds is 4. The van der Waals surface area contributed by atoms with Crippen LogP contribution >= 0.6 is 0 Å². The molecule has 2 aliphatic rings. The van der Waals surface area contributed by atoms with Crippen molar-refractivity contribution < 1.29 is 14.0 Å². The van der Waals surface area contributed by atoms with Gasteiger partial charge in [0.2, 0.25) is 11.8 Å². The summed E-state index contributed by atoms with van der Waals surface area (Å²) in [5, 5.41) is 0. The zero-order valence-corrected chi connectivity index (χ0v) is 15.2. The molecule has 136 valence electrons. The molecule has 2 atom stereocenters. The van der Waals surface area contributed by atoms with Crippen LogP contribution < -0.4 is 0 Å². The SMILES string of the molecule is CC1c2ccc(F)cc2CCN1C(=O)C1CC(=O)N(CCN(C)C)C1. The molecule has 0 radical (unpaired) electrons. The molecule has 0 aromatic heterocycles. The molecule has 2 aliphatic heterocycles. The fourth-order valence-corrected chi connectivity index (χ4v) is 3.81. The molecule has 1 aromatic rings. The monoisotopic (exact) mass is 347 g/mol. The summed E-state index contributed by atoms with van der Waals surface area (Å²) in [6.45, 7) is 4.53. The topological polar surface area (TPSA) is 43.9 Å². The van der Waals surface area contributed by atoms with Gasteiger partial charge in [0.1, 0.15) is 5.82 Å². The van der Waals surface area contributed by atoms with Crippen LogP contribution in [0.5, 0.6) is 0 Å². The Bertz CT molecular complexity index is 677.